The van der Waals surface area contributed by atoms with E-state index in [1.165, 1.54) is 0 Å². The van der Waals surface area contributed by atoms with Crippen LogP contribution in [0.4, 0.5) is 0 Å². The van der Waals surface area contributed by atoms with E-state index in [9.17, 15) is 9.36 Å². The van der Waals surface area contributed by atoms with Crippen LogP contribution in [0, 0.1) is 0 Å². The Labute approximate surface area is 77.0 Å². The van der Waals surface area contributed by atoms with E-state index in [4.69, 9.17) is 9.05 Å². The van der Waals surface area contributed by atoms with Gasteiger partial charge < -0.3 is 9.05 Å². The van der Waals surface area contributed by atoms with Crippen molar-refractivity contribution in [1.82, 2.24) is 4.67 Å². The molecule has 0 atom stereocenters. The minimum absolute atomic E-state index is 0.185. The number of hydrogen-bond donors (Lipinski definition) is 0. The van der Waals surface area contributed by atoms with Gasteiger partial charge in [-0.2, -0.15) is 0 Å². The van der Waals surface area contributed by atoms with Crippen LogP contribution in [0.1, 0.15) is 13.8 Å². The second-order valence-corrected chi connectivity index (χ2v) is 3.94. The van der Waals surface area contributed by atoms with Gasteiger partial charge in [0.15, 0.2) is 0 Å². The summed E-state index contributed by atoms with van der Waals surface area (Å²) < 4.78 is 24.7. The van der Waals surface area contributed by atoms with Crippen molar-refractivity contribution >= 4 is 26.1 Å². The first-order chi connectivity index (χ1) is 6.14. The second-order valence-electron chi connectivity index (χ2n) is 1.97. The van der Waals surface area contributed by atoms with Crippen LogP contribution in [0.2, 0.25) is 0 Å². The number of carbonyl (C=O) groups excluding carboxylic acids is 1. The Bertz CT molecular complexity index is 260. The molecular weight excluding hydrogens is 193 g/mol. The van der Waals surface area contributed by atoms with E-state index >= 15 is 0 Å². The maximum atomic E-state index is 11.7. The second kappa shape index (κ2) is 5.84. The highest BCUT2D eigenvalue weighted by molar-refractivity contribution is 7.74. The smallest absolute Gasteiger partial charge is 0.300 e. The molecule has 0 aromatic rings. The molecule has 0 N–H and O–H groups in total. The summed E-state index contributed by atoms with van der Waals surface area (Å²) in [6, 6.07) is 0. The van der Waals surface area contributed by atoms with E-state index in [1.807, 2.05) is 0 Å². The van der Waals surface area contributed by atoms with E-state index in [2.05, 4.69) is 11.4 Å². The number of hydrogen-bond acceptors (Lipinski definition) is 4. The van der Waals surface area contributed by atoms with E-state index in [0.29, 0.717) is 6.29 Å². The normalized spacial score (nSPS) is 10.6. The van der Waals surface area contributed by atoms with Crippen molar-refractivity contribution in [3.8, 4) is 0 Å². The van der Waals surface area contributed by atoms with Crippen molar-refractivity contribution in [2.45, 2.75) is 13.8 Å². The molecule has 0 aromatic heterocycles. The molecule has 0 fully saturated rings. The Morgan fingerprint density at radius 1 is 1.46 bits per heavy atom. The molecule has 6 heteroatoms. The molecule has 0 radical (unpaired) electrons. The van der Waals surface area contributed by atoms with Gasteiger partial charge in [0.1, 0.15) is 0 Å². The van der Waals surface area contributed by atoms with Crippen molar-refractivity contribution in [1.29, 1.82) is 0 Å². The van der Waals surface area contributed by atoms with Gasteiger partial charge in [-0.05, 0) is 13.8 Å². The van der Waals surface area contributed by atoms with Crippen LogP contribution in [0.25, 0.3) is 0 Å². The Hall–Kier alpha value is -0.730. The van der Waals surface area contributed by atoms with Crippen molar-refractivity contribution < 1.29 is 18.4 Å². The van der Waals surface area contributed by atoms with Crippen LogP contribution in [0.15, 0.2) is 0 Å². The molecule has 74 valence electrons. The topological polar surface area (TPSA) is 66.7 Å². The molecule has 0 amide bonds. The third-order valence-corrected chi connectivity index (χ3v) is 3.15. The minimum Gasteiger partial charge on any atom is -0.300 e. The van der Waals surface area contributed by atoms with Crippen LogP contribution < -0.4 is 4.67 Å². The van der Waals surface area contributed by atoms with Gasteiger partial charge in [-0.1, -0.05) is 4.67 Å². The fraction of sp³-hybridized carbons (Fsp3) is 0.571. The van der Waals surface area contributed by atoms with E-state index < -0.39 is 7.60 Å². The highest BCUT2D eigenvalue weighted by atomic mass is 31.2. The first-order valence-electron chi connectivity index (χ1n) is 3.83. The standard InChI is InChI=1S/C7H13NO4P/c1-4-11-13(10,12-5-2)7(6-9)8-3/h6H,3-5H2,1-2H3/q+1. The van der Waals surface area contributed by atoms with E-state index in [0.717, 1.165) is 0 Å². The zero-order valence-electron chi connectivity index (χ0n) is 7.73. The lowest BCUT2D eigenvalue weighted by Gasteiger charge is -2.08. The first kappa shape index (κ1) is 12.3. The summed E-state index contributed by atoms with van der Waals surface area (Å²) >= 11 is 0. The Morgan fingerprint density at radius 3 is 2.15 bits per heavy atom. The summed E-state index contributed by atoms with van der Waals surface area (Å²) in [5.41, 5.74) is -0.281. The zero-order valence-corrected chi connectivity index (χ0v) is 8.62. The molecule has 0 bridgehead atoms. The predicted octanol–water partition coefficient (Wildman–Crippen LogP) is 0.618. The fourth-order valence-corrected chi connectivity index (χ4v) is 2.02. The predicted molar refractivity (Wildman–Crippen MR) is 51.2 cm³/mol. The highest BCUT2D eigenvalue weighted by Gasteiger charge is 2.39. The van der Waals surface area contributed by atoms with Gasteiger partial charge >= 0.3 is 13.0 Å². The molecule has 0 rings (SSSR count). The molecule has 5 nitrogen and oxygen atoms in total. The van der Waals surface area contributed by atoms with Crippen LogP contribution in [0.5, 0.6) is 0 Å². The molecule has 0 unspecified atom stereocenters. The van der Waals surface area contributed by atoms with Gasteiger partial charge in [0.05, 0.1) is 13.2 Å². The minimum atomic E-state index is -3.51. The lowest BCUT2D eigenvalue weighted by molar-refractivity contribution is -0.102. The lowest BCUT2D eigenvalue weighted by Crippen LogP contribution is -2.10. The van der Waals surface area contributed by atoms with Crippen molar-refractivity contribution in [3.63, 3.8) is 0 Å². The number of nitrogens with zero attached hydrogens (tertiary/aromatic N) is 1. The largest absolute Gasteiger partial charge is 0.451 e. The van der Waals surface area contributed by atoms with E-state index in [-0.39, 0.29) is 18.7 Å². The van der Waals surface area contributed by atoms with E-state index in [1.54, 1.807) is 13.8 Å². The molecule has 0 spiro atoms. The Kier molecular flexibility index (Phi) is 5.51. The van der Waals surface area contributed by atoms with Crippen molar-refractivity contribution in [2.24, 2.45) is 0 Å². The molecule has 13 heavy (non-hydrogen) atoms. The lowest BCUT2D eigenvalue weighted by atomic mass is 10.8. The number of aldehydes is 1. The average molecular weight is 206 g/mol. The fourth-order valence-electron chi connectivity index (χ4n) is 0.698. The molecule has 0 aliphatic heterocycles. The molecule has 0 saturated carbocycles. The molecule has 0 aromatic carbocycles. The number of rotatable bonds is 6. The van der Waals surface area contributed by atoms with Gasteiger partial charge in [0, 0.05) is 0 Å². The maximum Gasteiger partial charge on any atom is 0.451 e. The Morgan fingerprint density at radius 2 is 1.92 bits per heavy atom. The maximum absolute atomic E-state index is 11.7. The highest BCUT2D eigenvalue weighted by Crippen LogP contribution is 2.47. The van der Waals surface area contributed by atoms with Gasteiger partial charge in [-0.3, -0.25) is 4.79 Å². The monoisotopic (exact) mass is 206 g/mol. The van der Waals surface area contributed by atoms with Gasteiger partial charge in [0.25, 0.3) is 6.72 Å². The summed E-state index contributed by atoms with van der Waals surface area (Å²) in [4.78, 5) is 10.4. The Balaban J connectivity index is 4.87. The molecule has 0 heterocycles. The first-order valence-corrected chi connectivity index (χ1v) is 5.37. The van der Waals surface area contributed by atoms with Crippen LogP contribution >= 0.6 is 7.60 Å². The molecule has 0 aliphatic rings. The zero-order chi connectivity index (χ0) is 10.3. The summed E-state index contributed by atoms with van der Waals surface area (Å²) in [5.74, 6) is 0. The average Bonchev–Trinajstić information content (AvgIpc) is 2.07. The van der Waals surface area contributed by atoms with Gasteiger partial charge in [0.2, 0.25) is 6.29 Å². The van der Waals surface area contributed by atoms with Crippen LogP contribution in [0.3, 0.4) is 0 Å². The van der Waals surface area contributed by atoms with Crippen LogP contribution in [-0.4, -0.2) is 31.7 Å². The van der Waals surface area contributed by atoms with Gasteiger partial charge in [-0.15, -0.1) is 0 Å². The van der Waals surface area contributed by atoms with Crippen molar-refractivity contribution in [3.05, 3.63) is 0 Å². The molecular formula is C7H13NO4P+. The summed E-state index contributed by atoms with van der Waals surface area (Å²) in [6.07, 6.45) is 0.332. The quantitative estimate of drug-likeness (QED) is 0.276. The third kappa shape index (κ3) is 3.25. The summed E-state index contributed by atoms with van der Waals surface area (Å²) in [7, 11) is -3.51. The van der Waals surface area contributed by atoms with Crippen LogP contribution in [-0.2, 0) is 18.4 Å². The molecule has 0 saturated heterocycles. The summed E-state index contributed by atoms with van der Waals surface area (Å²) in [6.45, 7) is 6.78. The number of carbonyl (C=O) groups is 1. The third-order valence-electron chi connectivity index (χ3n) is 1.15. The summed E-state index contributed by atoms with van der Waals surface area (Å²) in [5, 5.41) is 0. The van der Waals surface area contributed by atoms with Crippen molar-refractivity contribution in [2.75, 3.05) is 13.2 Å². The molecule has 0 aliphatic carbocycles. The SMILES string of the molecule is C=[N+]=C(C=O)P(=O)(OCC)OCC. The van der Waals surface area contributed by atoms with Gasteiger partial charge in [-0.25, -0.2) is 4.57 Å².